The van der Waals surface area contributed by atoms with Crippen molar-refractivity contribution in [3.05, 3.63) is 60.3 Å². The molecule has 0 bridgehead atoms. The first-order valence-corrected chi connectivity index (χ1v) is 5.96. The van der Waals surface area contributed by atoms with Crippen LogP contribution in [0.25, 0.3) is 10.8 Å². The number of aliphatic hydroxyl groups is 1. The first-order valence-electron chi connectivity index (χ1n) is 5.96. The molecular weight excluding hydrogens is 240 g/mol. The Morgan fingerprint density at radius 1 is 0.895 bits per heavy atom. The summed E-state index contributed by atoms with van der Waals surface area (Å²) in [5.41, 5.74) is 0.519. The minimum atomic E-state index is -0.123. The van der Waals surface area contributed by atoms with E-state index >= 15 is 0 Å². The molecule has 0 radical (unpaired) electrons. The van der Waals surface area contributed by atoms with Gasteiger partial charge in [-0.1, -0.05) is 36.4 Å². The van der Waals surface area contributed by atoms with Crippen LogP contribution in [0.4, 0.5) is 0 Å². The van der Waals surface area contributed by atoms with Crippen LogP contribution in [0.5, 0.6) is 11.6 Å². The lowest BCUT2D eigenvalue weighted by Crippen LogP contribution is -1.95. The van der Waals surface area contributed by atoms with E-state index in [0.29, 0.717) is 11.6 Å². The SMILES string of the molecule is OCc1ccc(Oc2cccc3ccccc23)nn1. The van der Waals surface area contributed by atoms with Gasteiger partial charge in [0.1, 0.15) is 5.75 Å². The number of nitrogens with zero attached hydrogens (tertiary/aromatic N) is 2. The van der Waals surface area contributed by atoms with Gasteiger partial charge in [0.05, 0.1) is 12.3 Å². The van der Waals surface area contributed by atoms with Gasteiger partial charge >= 0.3 is 0 Å². The van der Waals surface area contributed by atoms with E-state index in [2.05, 4.69) is 10.2 Å². The molecule has 2 aromatic carbocycles. The first kappa shape index (κ1) is 11.6. The van der Waals surface area contributed by atoms with Crippen LogP contribution in [0.2, 0.25) is 0 Å². The van der Waals surface area contributed by atoms with Gasteiger partial charge < -0.3 is 9.84 Å². The number of aromatic nitrogens is 2. The number of aliphatic hydroxyl groups excluding tert-OH is 1. The average Bonchev–Trinajstić information content (AvgIpc) is 2.48. The second-order valence-electron chi connectivity index (χ2n) is 4.10. The topological polar surface area (TPSA) is 55.2 Å². The molecule has 4 heteroatoms. The monoisotopic (exact) mass is 252 g/mol. The van der Waals surface area contributed by atoms with Gasteiger partial charge in [0.25, 0.3) is 0 Å². The smallest absolute Gasteiger partial charge is 0.238 e. The summed E-state index contributed by atoms with van der Waals surface area (Å²) < 4.78 is 5.74. The Labute approximate surface area is 110 Å². The molecule has 0 fully saturated rings. The zero-order chi connectivity index (χ0) is 13.1. The van der Waals surface area contributed by atoms with Gasteiger partial charge in [0, 0.05) is 11.5 Å². The van der Waals surface area contributed by atoms with Crippen molar-refractivity contribution in [2.45, 2.75) is 6.61 Å². The van der Waals surface area contributed by atoms with E-state index < -0.39 is 0 Å². The molecular formula is C15H12N2O2. The van der Waals surface area contributed by atoms with Crippen LogP contribution in [-0.2, 0) is 6.61 Å². The minimum Gasteiger partial charge on any atom is -0.437 e. The standard InChI is InChI=1S/C15H12N2O2/c18-10-12-8-9-15(17-16-12)19-14-7-3-5-11-4-1-2-6-13(11)14/h1-9,18H,10H2. The highest BCUT2D eigenvalue weighted by molar-refractivity contribution is 5.88. The van der Waals surface area contributed by atoms with Crippen LogP contribution in [-0.4, -0.2) is 15.3 Å². The minimum absolute atomic E-state index is 0.123. The summed E-state index contributed by atoms with van der Waals surface area (Å²) in [6, 6.07) is 17.2. The highest BCUT2D eigenvalue weighted by Crippen LogP contribution is 2.28. The summed E-state index contributed by atoms with van der Waals surface area (Å²) in [6.07, 6.45) is 0. The lowest BCUT2D eigenvalue weighted by atomic mass is 10.1. The van der Waals surface area contributed by atoms with Gasteiger partial charge in [-0.25, -0.2) is 0 Å². The molecule has 1 N–H and O–H groups in total. The van der Waals surface area contributed by atoms with Crippen molar-refractivity contribution in [1.82, 2.24) is 10.2 Å². The van der Waals surface area contributed by atoms with Gasteiger partial charge in [-0.2, -0.15) is 0 Å². The second-order valence-corrected chi connectivity index (χ2v) is 4.10. The third-order valence-corrected chi connectivity index (χ3v) is 2.82. The molecule has 0 saturated heterocycles. The normalized spacial score (nSPS) is 10.6. The number of rotatable bonds is 3. The van der Waals surface area contributed by atoms with Gasteiger partial charge in [-0.3, -0.25) is 0 Å². The Balaban J connectivity index is 1.96. The molecule has 0 atom stereocenters. The van der Waals surface area contributed by atoms with Crippen molar-refractivity contribution in [3.8, 4) is 11.6 Å². The number of hydrogen-bond acceptors (Lipinski definition) is 4. The molecule has 0 unspecified atom stereocenters. The number of benzene rings is 2. The Bertz CT molecular complexity index is 691. The highest BCUT2D eigenvalue weighted by Gasteiger charge is 2.04. The van der Waals surface area contributed by atoms with Crippen LogP contribution >= 0.6 is 0 Å². The summed E-state index contributed by atoms with van der Waals surface area (Å²) in [5.74, 6) is 1.15. The van der Waals surface area contributed by atoms with E-state index in [0.717, 1.165) is 16.5 Å². The fraction of sp³-hybridized carbons (Fsp3) is 0.0667. The van der Waals surface area contributed by atoms with E-state index in [9.17, 15) is 0 Å². The van der Waals surface area contributed by atoms with E-state index in [1.807, 2.05) is 42.5 Å². The summed E-state index contributed by atoms with van der Waals surface area (Å²) in [6.45, 7) is -0.123. The Hall–Kier alpha value is -2.46. The van der Waals surface area contributed by atoms with E-state index in [-0.39, 0.29) is 6.61 Å². The zero-order valence-electron chi connectivity index (χ0n) is 10.2. The third-order valence-electron chi connectivity index (χ3n) is 2.82. The molecule has 3 rings (SSSR count). The Morgan fingerprint density at radius 3 is 2.53 bits per heavy atom. The van der Waals surface area contributed by atoms with E-state index in [4.69, 9.17) is 9.84 Å². The Kier molecular flexibility index (Phi) is 3.08. The molecule has 1 aromatic heterocycles. The van der Waals surface area contributed by atoms with Crippen LogP contribution < -0.4 is 4.74 Å². The average molecular weight is 252 g/mol. The largest absolute Gasteiger partial charge is 0.437 e. The van der Waals surface area contributed by atoms with Gasteiger partial charge in [0.2, 0.25) is 5.88 Å². The van der Waals surface area contributed by atoms with Gasteiger partial charge in [-0.05, 0) is 17.5 Å². The molecule has 94 valence electrons. The quantitative estimate of drug-likeness (QED) is 0.778. The molecule has 0 aliphatic rings. The maximum Gasteiger partial charge on any atom is 0.238 e. The zero-order valence-corrected chi connectivity index (χ0v) is 10.2. The molecule has 0 aliphatic carbocycles. The molecule has 19 heavy (non-hydrogen) atoms. The van der Waals surface area contributed by atoms with Crippen molar-refractivity contribution >= 4 is 10.8 Å². The molecule has 0 spiro atoms. The predicted molar refractivity (Wildman–Crippen MR) is 72.0 cm³/mol. The van der Waals surface area contributed by atoms with E-state index in [1.54, 1.807) is 12.1 Å². The van der Waals surface area contributed by atoms with Crippen molar-refractivity contribution < 1.29 is 9.84 Å². The van der Waals surface area contributed by atoms with Crippen LogP contribution in [0.15, 0.2) is 54.6 Å². The molecule has 1 heterocycles. The number of fused-ring (bicyclic) bond motifs is 1. The second kappa shape index (κ2) is 5.04. The maximum atomic E-state index is 8.92. The molecule has 4 nitrogen and oxygen atoms in total. The molecule has 0 saturated carbocycles. The fourth-order valence-corrected chi connectivity index (χ4v) is 1.88. The van der Waals surface area contributed by atoms with Crippen LogP contribution in [0, 0.1) is 0 Å². The van der Waals surface area contributed by atoms with Crippen molar-refractivity contribution in [1.29, 1.82) is 0 Å². The molecule has 0 amide bonds. The lowest BCUT2D eigenvalue weighted by Gasteiger charge is -2.07. The van der Waals surface area contributed by atoms with Crippen molar-refractivity contribution in [3.63, 3.8) is 0 Å². The first-order chi connectivity index (χ1) is 9.36. The molecule has 3 aromatic rings. The third kappa shape index (κ3) is 2.39. The van der Waals surface area contributed by atoms with Gasteiger partial charge in [0.15, 0.2) is 0 Å². The predicted octanol–water partition coefficient (Wildman–Crippen LogP) is 2.91. The van der Waals surface area contributed by atoms with Crippen LogP contribution in [0.3, 0.4) is 0 Å². The van der Waals surface area contributed by atoms with Gasteiger partial charge in [-0.15, -0.1) is 10.2 Å². The van der Waals surface area contributed by atoms with Crippen molar-refractivity contribution in [2.24, 2.45) is 0 Å². The van der Waals surface area contributed by atoms with E-state index in [1.165, 1.54) is 0 Å². The summed E-state index contributed by atoms with van der Waals surface area (Å²) in [4.78, 5) is 0. The summed E-state index contributed by atoms with van der Waals surface area (Å²) in [7, 11) is 0. The summed E-state index contributed by atoms with van der Waals surface area (Å²) in [5, 5.41) is 18.8. The summed E-state index contributed by atoms with van der Waals surface area (Å²) >= 11 is 0. The van der Waals surface area contributed by atoms with Crippen molar-refractivity contribution in [2.75, 3.05) is 0 Å². The fourth-order valence-electron chi connectivity index (χ4n) is 1.88. The Morgan fingerprint density at radius 2 is 1.74 bits per heavy atom. The lowest BCUT2D eigenvalue weighted by molar-refractivity contribution is 0.274. The molecule has 0 aliphatic heterocycles. The number of hydrogen-bond donors (Lipinski definition) is 1. The maximum absolute atomic E-state index is 8.92. The van der Waals surface area contributed by atoms with Crippen LogP contribution in [0.1, 0.15) is 5.69 Å². The number of ether oxygens (including phenoxy) is 1. The highest BCUT2D eigenvalue weighted by atomic mass is 16.5.